The second-order valence-corrected chi connectivity index (χ2v) is 4.31. The third-order valence-corrected chi connectivity index (χ3v) is 3.30. The maximum Gasteiger partial charge on any atom is 0.156 e. The molecule has 0 aliphatic heterocycles. The average molecular weight is 253 g/mol. The summed E-state index contributed by atoms with van der Waals surface area (Å²) in [6.07, 6.45) is 0.686. The van der Waals surface area contributed by atoms with Crippen molar-refractivity contribution in [1.82, 2.24) is 4.90 Å². The molecule has 0 radical (unpaired) electrons. The number of amidine groups is 1. The first kappa shape index (κ1) is 14.4. The molecule has 0 amide bonds. The summed E-state index contributed by atoms with van der Waals surface area (Å²) >= 11 is 0. The smallest absolute Gasteiger partial charge is 0.156 e. The van der Waals surface area contributed by atoms with Crippen LogP contribution in [0.15, 0.2) is 29.4 Å². The molecule has 0 aliphatic carbocycles. The van der Waals surface area contributed by atoms with Crippen LogP contribution in [0.1, 0.15) is 31.9 Å². The van der Waals surface area contributed by atoms with Crippen LogP contribution in [0.4, 0.5) is 4.39 Å². The van der Waals surface area contributed by atoms with Gasteiger partial charge in [0.2, 0.25) is 0 Å². The lowest BCUT2D eigenvalue weighted by atomic mass is 10.0. The van der Waals surface area contributed by atoms with Crippen molar-refractivity contribution in [3.05, 3.63) is 35.6 Å². The number of halogens is 1. The fraction of sp³-hybridized carbons (Fsp3) is 0.462. The lowest BCUT2D eigenvalue weighted by Gasteiger charge is -2.32. The van der Waals surface area contributed by atoms with Gasteiger partial charge in [-0.05, 0) is 26.5 Å². The summed E-state index contributed by atoms with van der Waals surface area (Å²) < 4.78 is 13.7. The molecule has 0 spiro atoms. The van der Waals surface area contributed by atoms with Crippen molar-refractivity contribution in [2.45, 2.75) is 32.4 Å². The summed E-state index contributed by atoms with van der Waals surface area (Å²) in [6.45, 7) is 3.83. The van der Waals surface area contributed by atoms with E-state index in [2.05, 4.69) is 5.16 Å². The predicted molar refractivity (Wildman–Crippen MR) is 70.1 cm³/mol. The lowest BCUT2D eigenvalue weighted by molar-refractivity contribution is 0.213. The Balaban J connectivity index is 2.96. The fourth-order valence-electron chi connectivity index (χ4n) is 2.08. The Morgan fingerprint density at radius 1 is 1.50 bits per heavy atom. The van der Waals surface area contributed by atoms with E-state index in [9.17, 15) is 4.39 Å². The second-order valence-electron chi connectivity index (χ2n) is 4.31. The average Bonchev–Trinajstić information content (AvgIpc) is 2.38. The first-order chi connectivity index (χ1) is 8.52. The Bertz CT molecular complexity index is 422. The number of likely N-dealkylation sites (N-methyl/N-ethyl adjacent to an activating group) is 1. The van der Waals surface area contributed by atoms with Crippen molar-refractivity contribution in [2.24, 2.45) is 10.9 Å². The summed E-state index contributed by atoms with van der Waals surface area (Å²) in [5, 5.41) is 11.8. The van der Waals surface area contributed by atoms with Gasteiger partial charge < -0.3 is 10.9 Å². The Labute approximate surface area is 107 Å². The van der Waals surface area contributed by atoms with E-state index >= 15 is 0 Å². The van der Waals surface area contributed by atoms with E-state index in [1.54, 1.807) is 18.2 Å². The highest BCUT2D eigenvalue weighted by atomic mass is 19.1. The molecule has 100 valence electrons. The topological polar surface area (TPSA) is 61.9 Å². The van der Waals surface area contributed by atoms with E-state index in [1.165, 1.54) is 6.07 Å². The van der Waals surface area contributed by atoms with Crippen LogP contribution in [0.5, 0.6) is 0 Å². The number of rotatable bonds is 5. The molecular formula is C13H20FN3O. The summed E-state index contributed by atoms with van der Waals surface area (Å²) in [5.41, 5.74) is 6.25. The molecule has 0 saturated carbocycles. The van der Waals surface area contributed by atoms with Gasteiger partial charge in [0, 0.05) is 11.6 Å². The van der Waals surface area contributed by atoms with Crippen molar-refractivity contribution in [2.75, 3.05) is 7.05 Å². The maximum atomic E-state index is 13.7. The monoisotopic (exact) mass is 253 g/mol. The number of hydrogen-bond acceptors (Lipinski definition) is 3. The molecule has 18 heavy (non-hydrogen) atoms. The van der Waals surface area contributed by atoms with Gasteiger partial charge in [-0.15, -0.1) is 0 Å². The highest BCUT2D eigenvalue weighted by Crippen LogP contribution is 2.24. The summed E-state index contributed by atoms with van der Waals surface area (Å²) in [6, 6.07) is 6.26. The third-order valence-electron chi connectivity index (χ3n) is 3.30. The van der Waals surface area contributed by atoms with Crippen molar-refractivity contribution < 1.29 is 9.60 Å². The Morgan fingerprint density at radius 3 is 2.61 bits per heavy atom. The number of oxime groups is 1. The summed E-state index contributed by atoms with van der Waals surface area (Å²) in [4.78, 5) is 1.90. The molecule has 2 unspecified atom stereocenters. The van der Waals surface area contributed by atoms with Crippen LogP contribution in [0.25, 0.3) is 0 Å². The molecule has 4 nitrogen and oxygen atoms in total. The molecule has 5 heteroatoms. The van der Waals surface area contributed by atoms with E-state index in [-0.39, 0.29) is 23.7 Å². The van der Waals surface area contributed by atoms with Crippen LogP contribution in [-0.4, -0.2) is 29.0 Å². The van der Waals surface area contributed by atoms with Crippen molar-refractivity contribution >= 4 is 5.84 Å². The van der Waals surface area contributed by atoms with E-state index < -0.39 is 0 Å². The Morgan fingerprint density at radius 2 is 2.11 bits per heavy atom. The van der Waals surface area contributed by atoms with Crippen LogP contribution in [0.2, 0.25) is 0 Å². The molecule has 3 N–H and O–H groups in total. The van der Waals surface area contributed by atoms with Gasteiger partial charge in [0.25, 0.3) is 0 Å². The quantitative estimate of drug-likeness (QED) is 0.366. The van der Waals surface area contributed by atoms with Gasteiger partial charge in [0.15, 0.2) is 5.84 Å². The van der Waals surface area contributed by atoms with Crippen LogP contribution in [0.3, 0.4) is 0 Å². The van der Waals surface area contributed by atoms with Crippen LogP contribution >= 0.6 is 0 Å². The minimum atomic E-state index is -0.244. The normalized spacial score (nSPS) is 15.7. The standard InChI is InChI=1S/C13H20FN3O/c1-4-12(13(15)16-18)17(3)9(2)10-7-5-6-8-11(10)14/h5-9,12,18H,4H2,1-3H3,(H2,15,16). The molecule has 1 rings (SSSR count). The molecule has 0 aliphatic rings. The van der Waals surface area contributed by atoms with Gasteiger partial charge in [-0.2, -0.15) is 0 Å². The molecule has 0 heterocycles. The highest BCUT2D eigenvalue weighted by Gasteiger charge is 2.24. The maximum absolute atomic E-state index is 13.7. The van der Waals surface area contributed by atoms with Crippen LogP contribution < -0.4 is 5.73 Å². The molecule has 0 fully saturated rings. The minimum absolute atomic E-state index is 0.142. The van der Waals surface area contributed by atoms with Gasteiger partial charge in [-0.25, -0.2) is 4.39 Å². The van der Waals surface area contributed by atoms with Gasteiger partial charge in [-0.3, -0.25) is 4.90 Å². The molecule has 0 saturated heterocycles. The molecule has 0 aromatic heterocycles. The van der Waals surface area contributed by atoms with Crippen molar-refractivity contribution in [1.29, 1.82) is 0 Å². The molecule has 1 aromatic carbocycles. The zero-order valence-electron chi connectivity index (χ0n) is 11.0. The van der Waals surface area contributed by atoms with E-state index in [0.717, 1.165) is 0 Å². The molecule has 1 aromatic rings. The number of nitrogens with two attached hydrogens (primary N) is 1. The summed E-state index contributed by atoms with van der Waals surface area (Å²) in [7, 11) is 1.84. The SMILES string of the molecule is CCC(C(N)=NO)N(C)C(C)c1ccccc1F. The molecule has 0 bridgehead atoms. The first-order valence-corrected chi connectivity index (χ1v) is 5.96. The van der Waals surface area contributed by atoms with Gasteiger partial charge in [0.05, 0.1) is 6.04 Å². The van der Waals surface area contributed by atoms with E-state index in [1.807, 2.05) is 25.8 Å². The second kappa shape index (κ2) is 6.35. The number of hydrogen-bond donors (Lipinski definition) is 2. The van der Waals surface area contributed by atoms with Crippen molar-refractivity contribution in [3.8, 4) is 0 Å². The predicted octanol–water partition coefficient (Wildman–Crippen LogP) is 2.34. The number of benzene rings is 1. The van der Waals surface area contributed by atoms with Gasteiger partial charge in [-0.1, -0.05) is 30.3 Å². The van der Waals surface area contributed by atoms with Crippen molar-refractivity contribution in [3.63, 3.8) is 0 Å². The third kappa shape index (κ3) is 2.98. The highest BCUT2D eigenvalue weighted by molar-refractivity contribution is 5.85. The van der Waals surface area contributed by atoms with Crippen LogP contribution in [0, 0.1) is 5.82 Å². The summed E-state index contributed by atoms with van der Waals surface area (Å²) in [5.74, 6) is -0.102. The Hall–Kier alpha value is -1.62. The van der Waals surface area contributed by atoms with E-state index in [4.69, 9.17) is 10.9 Å². The zero-order valence-corrected chi connectivity index (χ0v) is 11.0. The Kier molecular flexibility index (Phi) is 5.09. The van der Waals surface area contributed by atoms with Gasteiger partial charge >= 0.3 is 0 Å². The van der Waals surface area contributed by atoms with Gasteiger partial charge in [0.1, 0.15) is 5.82 Å². The fourth-order valence-corrected chi connectivity index (χ4v) is 2.08. The first-order valence-electron chi connectivity index (χ1n) is 5.96. The number of nitrogens with zero attached hydrogens (tertiary/aromatic N) is 2. The minimum Gasteiger partial charge on any atom is -0.409 e. The molecular weight excluding hydrogens is 233 g/mol. The van der Waals surface area contributed by atoms with E-state index in [0.29, 0.717) is 12.0 Å². The zero-order chi connectivity index (χ0) is 13.7. The van der Waals surface area contributed by atoms with Crippen LogP contribution in [-0.2, 0) is 0 Å². The molecule has 2 atom stereocenters. The lowest BCUT2D eigenvalue weighted by Crippen LogP contribution is -2.43. The largest absolute Gasteiger partial charge is 0.409 e.